The summed E-state index contributed by atoms with van der Waals surface area (Å²) in [6.07, 6.45) is 2.38. The Bertz CT molecular complexity index is 653. The van der Waals surface area contributed by atoms with Gasteiger partial charge >= 0.3 is 5.97 Å². The van der Waals surface area contributed by atoms with Crippen LogP contribution in [0, 0.1) is 11.8 Å². The Kier molecular flexibility index (Phi) is 7.18. The van der Waals surface area contributed by atoms with Gasteiger partial charge in [-0.25, -0.2) is 4.79 Å². The van der Waals surface area contributed by atoms with Crippen LogP contribution < -0.4 is 5.32 Å². The van der Waals surface area contributed by atoms with E-state index in [4.69, 9.17) is 4.74 Å². The molecule has 0 aliphatic heterocycles. The van der Waals surface area contributed by atoms with Gasteiger partial charge in [0.25, 0.3) is 0 Å². The van der Waals surface area contributed by atoms with Crippen molar-refractivity contribution in [2.24, 2.45) is 11.8 Å². The summed E-state index contributed by atoms with van der Waals surface area (Å²) in [6, 6.07) is 6.76. The van der Waals surface area contributed by atoms with E-state index in [9.17, 15) is 14.4 Å². The summed E-state index contributed by atoms with van der Waals surface area (Å²) < 4.78 is 5.02. The molecule has 0 heterocycles. The maximum absolute atomic E-state index is 12.6. The SMILES string of the molecule is CCCN(CCC)C(=O)C1CC1C(=O)Nc1ccccc1C(=O)OCC. The van der Waals surface area contributed by atoms with E-state index in [2.05, 4.69) is 5.32 Å². The average molecular weight is 360 g/mol. The number of carbonyl (C=O) groups is 3. The van der Waals surface area contributed by atoms with Gasteiger partial charge in [-0.15, -0.1) is 0 Å². The Labute approximate surface area is 154 Å². The van der Waals surface area contributed by atoms with Crippen LogP contribution in [0.4, 0.5) is 5.69 Å². The molecule has 6 heteroatoms. The number of benzene rings is 1. The molecular weight excluding hydrogens is 332 g/mol. The maximum atomic E-state index is 12.6. The fourth-order valence-electron chi connectivity index (χ4n) is 3.07. The fourth-order valence-corrected chi connectivity index (χ4v) is 3.07. The van der Waals surface area contributed by atoms with Crippen molar-refractivity contribution in [2.75, 3.05) is 25.0 Å². The number of nitrogens with zero attached hydrogens (tertiary/aromatic N) is 1. The van der Waals surface area contributed by atoms with Crippen LogP contribution in [0.15, 0.2) is 24.3 Å². The molecule has 0 saturated heterocycles. The Hall–Kier alpha value is -2.37. The van der Waals surface area contributed by atoms with Crippen LogP contribution in [0.2, 0.25) is 0 Å². The number of amides is 2. The first-order valence-electron chi connectivity index (χ1n) is 9.39. The van der Waals surface area contributed by atoms with Crippen LogP contribution in [0.25, 0.3) is 0 Å². The smallest absolute Gasteiger partial charge is 0.340 e. The molecule has 0 aromatic heterocycles. The van der Waals surface area contributed by atoms with Gasteiger partial charge in [-0.3, -0.25) is 9.59 Å². The number of anilines is 1. The predicted molar refractivity (Wildman–Crippen MR) is 99.8 cm³/mol. The van der Waals surface area contributed by atoms with Crippen LogP contribution in [0.1, 0.15) is 50.4 Å². The third-order valence-electron chi connectivity index (χ3n) is 4.42. The molecule has 2 rings (SSSR count). The second-order valence-corrected chi connectivity index (χ2v) is 6.53. The number of esters is 1. The monoisotopic (exact) mass is 360 g/mol. The van der Waals surface area contributed by atoms with Gasteiger partial charge in [0, 0.05) is 13.1 Å². The molecule has 2 atom stereocenters. The van der Waals surface area contributed by atoms with E-state index in [0.717, 1.165) is 25.9 Å². The number of carbonyl (C=O) groups excluding carboxylic acids is 3. The van der Waals surface area contributed by atoms with E-state index < -0.39 is 5.97 Å². The van der Waals surface area contributed by atoms with Crippen molar-refractivity contribution in [3.63, 3.8) is 0 Å². The molecule has 1 saturated carbocycles. The first-order chi connectivity index (χ1) is 12.5. The molecule has 6 nitrogen and oxygen atoms in total. The van der Waals surface area contributed by atoms with Crippen LogP contribution in [-0.4, -0.2) is 42.4 Å². The minimum atomic E-state index is -0.469. The lowest BCUT2D eigenvalue weighted by atomic mass is 10.1. The quantitative estimate of drug-likeness (QED) is 0.687. The summed E-state index contributed by atoms with van der Waals surface area (Å²) in [5, 5.41) is 2.79. The van der Waals surface area contributed by atoms with Crippen molar-refractivity contribution < 1.29 is 19.1 Å². The molecule has 1 aromatic rings. The number of para-hydroxylation sites is 1. The lowest BCUT2D eigenvalue weighted by Crippen LogP contribution is -2.34. The highest BCUT2D eigenvalue weighted by atomic mass is 16.5. The summed E-state index contributed by atoms with van der Waals surface area (Å²) in [4.78, 5) is 39.0. The molecule has 0 spiro atoms. The Morgan fingerprint density at radius 1 is 1.08 bits per heavy atom. The molecule has 1 N–H and O–H groups in total. The van der Waals surface area contributed by atoms with Gasteiger partial charge in [-0.2, -0.15) is 0 Å². The summed E-state index contributed by atoms with van der Waals surface area (Å²) in [5.41, 5.74) is 0.748. The first kappa shape index (κ1) is 19.9. The Balaban J connectivity index is 2.00. The highest BCUT2D eigenvalue weighted by Gasteiger charge is 2.49. The van der Waals surface area contributed by atoms with Crippen molar-refractivity contribution in [3.8, 4) is 0 Å². The Morgan fingerprint density at radius 2 is 1.73 bits per heavy atom. The third-order valence-corrected chi connectivity index (χ3v) is 4.42. The molecule has 1 aromatic carbocycles. The lowest BCUT2D eigenvalue weighted by Gasteiger charge is -2.21. The molecule has 0 bridgehead atoms. The van der Waals surface area contributed by atoms with E-state index in [1.165, 1.54) is 0 Å². The van der Waals surface area contributed by atoms with E-state index in [1.807, 2.05) is 18.7 Å². The second-order valence-electron chi connectivity index (χ2n) is 6.53. The van der Waals surface area contributed by atoms with Crippen LogP contribution in [-0.2, 0) is 14.3 Å². The van der Waals surface area contributed by atoms with Crippen molar-refractivity contribution in [3.05, 3.63) is 29.8 Å². The third kappa shape index (κ3) is 4.84. The molecule has 142 valence electrons. The van der Waals surface area contributed by atoms with Gasteiger partial charge in [0.2, 0.25) is 11.8 Å². The zero-order chi connectivity index (χ0) is 19.1. The summed E-state index contributed by atoms with van der Waals surface area (Å²) >= 11 is 0. The topological polar surface area (TPSA) is 75.7 Å². The maximum Gasteiger partial charge on any atom is 0.340 e. The van der Waals surface area contributed by atoms with Crippen LogP contribution in [0.3, 0.4) is 0 Å². The van der Waals surface area contributed by atoms with E-state index in [1.54, 1.807) is 31.2 Å². The van der Waals surface area contributed by atoms with Gasteiger partial charge in [-0.05, 0) is 38.3 Å². The van der Waals surface area contributed by atoms with E-state index >= 15 is 0 Å². The van der Waals surface area contributed by atoms with Gasteiger partial charge < -0.3 is 15.0 Å². The summed E-state index contributed by atoms with van der Waals surface area (Å²) in [7, 11) is 0. The van der Waals surface area contributed by atoms with Crippen molar-refractivity contribution in [2.45, 2.75) is 40.0 Å². The van der Waals surface area contributed by atoms with E-state index in [-0.39, 0.29) is 30.3 Å². The number of nitrogens with one attached hydrogen (secondary N) is 1. The minimum Gasteiger partial charge on any atom is -0.462 e. The molecule has 2 unspecified atom stereocenters. The zero-order valence-electron chi connectivity index (χ0n) is 15.8. The normalized spacial score (nSPS) is 18.1. The largest absolute Gasteiger partial charge is 0.462 e. The molecular formula is C20H28N2O4. The fraction of sp³-hybridized carbons (Fsp3) is 0.550. The Morgan fingerprint density at radius 3 is 2.35 bits per heavy atom. The highest BCUT2D eigenvalue weighted by molar-refractivity contribution is 6.04. The molecule has 1 aliphatic rings. The van der Waals surface area contributed by atoms with Crippen molar-refractivity contribution in [1.82, 2.24) is 4.90 Å². The highest BCUT2D eigenvalue weighted by Crippen LogP contribution is 2.41. The van der Waals surface area contributed by atoms with Crippen molar-refractivity contribution in [1.29, 1.82) is 0 Å². The number of ether oxygens (including phenoxy) is 1. The standard InChI is InChI=1S/C20H28N2O4/c1-4-11-22(12-5-2)19(24)16-13-15(16)18(23)21-17-10-8-7-9-14(17)20(25)26-6-3/h7-10,15-16H,4-6,11-13H2,1-3H3,(H,21,23). The zero-order valence-corrected chi connectivity index (χ0v) is 15.8. The van der Waals surface area contributed by atoms with Gasteiger partial charge in [-0.1, -0.05) is 26.0 Å². The number of hydrogen-bond donors (Lipinski definition) is 1. The second kappa shape index (κ2) is 9.36. The predicted octanol–water partition coefficient (Wildman–Crippen LogP) is 3.09. The molecule has 2 amide bonds. The van der Waals surface area contributed by atoms with Crippen molar-refractivity contribution >= 4 is 23.5 Å². The molecule has 1 aliphatic carbocycles. The van der Waals surface area contributed by atoms with Gasteiger partial charge in [0.15, 0.2) is 0 Å². The van der Waals surface area contributed by atoms with Gasteiger partial charge in [0.05, 0.1) is 29.7 Å². The lowest BCUT2D eigenvalue weighted by molar-refractivity contribution is -0.134. The number of hydrogen-bond acceptors (Lipinski definition) is 4. The first-order valence-corrected chi connectivity index (χ1v) is 9.39. The van der Waals surface area contributed by atoms with Crippen LogP contribution >= 0.6 is 0 Å². The average Bonchev–Trinajstić information content (AvgIpc) is 3.42. The summed E-state index contributed by atoms with van der Waals surface area (Å²) in [5.74, 6) is -1.19. The number of rotatable bonds is 9. The molecule has 26 heavy (non-hydrogen) atoms. The van der Waals surface area contributed by atoms with E-state index in [0.29, 0.717) is 17.7 Å². The van der Waals surface area contributed by atoms with Gasteiger partial charge in [0.1, 0.15) is 0 Å². The summed E-state index contributed by atoms with van der Waals surface area (Å²) in [6.45, 7) is 7.54. The molecule has 0 radical (unpaired) electrons. The minimum absolute atomic E-state index is 0.0625. The molecule has 1 fully saturated rings. The van der Waals surface area contributed by atoms with Crippen LogP contribution in [0.5, 0.6) is 0 Å².